The first-order chi connectivity index (χ1) is 47.4. The lowest BCUT2D eigenvalue weighted by molar-refractivity contribution is -0.240. The molecule has 0 amide bonds. The van der Waals surface area contributed by atoms with Crippen molar-refractivity contribution in [1.29, 1.82) is 0 Å². The minimum Gasteiger partial charge on any atom is -0.384 e. The molecule has 0 aliphatic carbocycles. The Kier molecular flexibility index (Phi) is 112. The molecule has 10 N–H and O–H groups in total. The first-order valence-electron chi connectivity index (χ1n) is 31.6. The van der Waals surface area contributed by atoms with Crippen LogP contribution in [0.1, 0.15) is 174 Å². The Balaban J connectivity index is -0.000000113. The summed E-state index contributed by atoms with van der Waals surface area (Å²) in [6.45, 7) is 32.8. The number of carbonyl (C=O) groups excluding carboxylic acids is 10. The summed E-state index contributed by atoms with van der Waals surface area (Å²) in [4.78, 5) is 137. The van der Waals surface area contributed by atoms with Crippen LogP contribution < -0.4 is 0 Å². The van der Waals surface area contributed by atoms with Crippen LogP contribution >= 0.6 is 0 Å². The SMILES string of the molecule is CC(C)COCCC(=O)OO.CC(C)OCCC(=O)OO.CCC(C)OCCC(=O)OO.CCCCOCCC(=O)OO.CCCOCC(C)C(=O)OO.CCCOCCC(=O)OO.CCOCC(C)C(=O)OO.CCOCCC(=O)OO.COCC(C)C(=O)OO.COCCC(=O)OO. The second-order valence-corrected chi connectivity index (χ2v) is 19.9. The van der Waals surface area contributed by atoms with Crippen LogP contribution in [0.4, 0.5) is 0 Å². The molecule has 0 aromatic carbocycles. The molecular weight excluding hydrogens is 1360 g/mol. The zero-order valence-electron chi connectivity index (χ0n) is 61.0. The van der Waals surface area contributed by atoms with Crippen molar-refractivity contribution in [2.24, 2.45) is 23.7 Å². The summed E-state index contributed by atoms with van der Waals surface area (Å²) in [5.41, 5.74) is 0. The average molecular weight is 1480 g/mol. The highest BCUT2D eigenvalue weighted by molar-refractivity contribution is 5.72. The molecule has 0 aliphatic rings. The van der Waals surface area contributed by atoms with E-state index in [2.05, 4.69) is 65.3 Å². The molecule has 600 valence electrons. The van der Waals surface area contributed by atoms with Crippen LogP contribution in [0, 0.1) is 23.7 Å². The van der Waals surface area contributed by atoms with E-state index in [1.807, 2.05) is 69.2 Å². The maximum atomic E-state index is 10.6. The molecule has 0 bridgehead atoms. The maximum Gasteiger partial charge on any atom is 0.347 e. The van der Waals surface area contributed by atoms with Crippen LogP contribution in [-0.2, 0) is 144 Å². The molecule has 0 rings (SSSR count). The summed E-state index contributed by atoms with van der Waals surface area (Å²) in [7, 11) is 2.94. The average Bonchev–Trinajstić information content (AvgIpc) is 2.17. The van der Waals surface area contributed by atoms with Crippen LogP contribution in [0.3, 0.4) is 0 Å². The Morgan fingerprint density at radius 1 is 0.290 bits per heavy atom. The fourth-order valence-electron chi connectivity index (χ4n) is 4.45. The molecular formula is C60H120O40. The number of hydrogen-bond donors (Lipinski definition) is 10. The normalized spacial score (nSPS) is 10.8. The van der Waals surface area contributed by atoms with E-state index in [0.717, 1.165) is 32.1 Å². The Morgan fingerprint density at radius 3 is 0.890 bits per heavy atom. The van der Waals surface area contributed by atoms with Gasteiger partial charge in [-0.1, -0.05) is 48.0 Å². The zero-order valence-corrected chi connectivity index (χ0v) is 61.0. The number of ether oxygens (including phenoxy) is 10. The van der Waals surface area contributed by atoms with E-state index >= 15 is 0 Å². The summed E-state index contributed by atoms with van der Waals surface area (Å²) in [5, 5.41) is 78.2. The molecule has 40 heteroatoms. The molecule has 0 fully saturated rings. The lowest BCUT2D eigenvalue weighted by atomic mass is 10.2. The lowest BCUT2D eigenvalue weighted by Gasteiger charge is -2.08. The number of unbranched alkanes of at least 4 members (excludes halogenated alkanes) is 1. The molecule has 0 radical (unpaired) electrons. The standard InChI is InChI=1S/4C7H14O4.3C6H12O4.2C5H10O4.C4H8O4/c1-6(2)5-10-4-3-7(8)11-9;1-3-6(2)10-5-4-7(8)11-9;1-3-4-10-5-6(2)7(8)11-9;1-2-3-5-10-6-4-7(8)11-9;1-5(2)9-4-3-6(7)10-8;1-3-9-4-5(2)6(7)10-8;1-2-4-9-5-3-6(7)10-8;1-4(3-8-2)5(6)9-7;1-2-8-4-3-5(6)9-7;1-7-3-2-4(5)8-6/h3*6,9H,3-5H2,1-2H3;9H,2-6H2,1H3;2*5,8H,3-4H2,1-2H3;8H,2-5H2,1H3;4,7H,3H2,1-2H3;7H,2-4H2,1H3;6H,2-3H2,1H3. The third-order valence-corrected chi connectivity index (χ3v) is 9.89. The monoisotopic (exact) mass is 1480 g/mol. The van der Waals surface area contributed by atoms with E-state index in [-0.39, 0.29) is 83.6 Å². The van der Waals surface area contributed by atoms with E-state index in [4.69, 9.17) is 90.5 Å². The number of hydrogen-bond acceptors (Lipinski definition) is 40. The van der Waals surface area contributed by atoms with Gasteiger partial charge in [0.1, 0.15) is 0 Å². The molecule has 100 heavy (non-hydrogen) atoms. The molecule has 0 aliphatic heterocycles. The summed E-state index contributed by atoms with van der Waals surface area (Å²) < 4.78 is 49.1. The number of carbonyl (C=O) groups is 10. The van der Waals surface area contributed by atoms with E-state index in [1.165, 1.54) is 14.2 Å². The van der Waals surface area contributed by atoms with Crippen molar-refractivity contribution in [1.82, 2.24) is 0 Å². The van der Waals surface area contributed by atoms with Crippen LogP contribution in [0.2, 0.25) is 0 Å². The van der Waals surface area contributed by atoms with Gasteiger partial charge in [-0.15, -0.1) is 0 Å². The molecule has 0 heterocycles. The molecule has 40 nitrogen and oxygen atoms in total. The Labute approximate surface area is 584 Å². The molecule has 0 saturated carbocycles. The topological polar surface area (TPSA) is 558 Å². The van der Waals surface area contributed by atoms with Crippen molar-refractivity contribution in [3.05, 3.63) is 0 Å². The van der Waals surface area contributed by atoms with Crippen molar-refractivity contribution >= 4 is 59.7 Å². The largest absolute Gasteiger partial charge is 0.384 e. The van der Waals surface area contributed by atoms with Gasteiger partial charge in [0.05, 0.1) is 141 Å². The lowest BCUT2D eigenvalue weighted by Crippen LogP contribution is -2.18. The highest BCUT2D eigenvalue weighted by Crippen LogP contribution is 2.01. The van der Waals surface area contributed by atoms with E-state index in [9.17, 15) is 47.9 Å². The fraction of sp³-hybridized carbons (Fsp3) is 0.833. The molecule has 4 unspecified atom stereocenters. The maximum absolute atomic E-state index is 10.6. The minimum absolute atomic E-state index is 0.0903. The van der Waals surface area contributed by atoms with Gasteiger partial charge in [-0.2, -0.15) is 52.6 Å². The third-order valence-electron chi connectivity index (χ3n) is 9.89. The van der Waals surface area contributed by atoms with Gasteiger partial charge in [-0.05, 0) is 87.0 Å². The first-order valence-corrected chi connectivity index (χ1v) is 31.6. The summed E-state index contributed by atoms with van der Waals surface area (Å²) >= 11 is 0. The third kappa shape index (κ3) is 116. The van der Waals surface area contributed by atoms with Crippen molar-refractivity contribution < 1.29 is 197 Å². The van der Waals surface area contributed by atoms with E-state index < -0.39 is 77.4 Å². The Morgan fingerprint density at radius 2 is 0.590 bits per heavy atom. The predicted octanol–water partition coefficient (Wildman–Crippen LogP) is 7.61. The van der Waals surface area contributed by atoms with Gasteiger partial charge in [0.2, 0.25) is 0 Å². The van der Waals surface area contributed by atoms with Crippen LogP contribution in [0.5, 0.6) is 0 Å². The summed E-state index contributed by atoms with van der Waals surface area (Å²) in [6, 6.07) is 0. The second kappa shape index (κ2) is 97.1. The molecule has 4 atom stereocenters. The molecule has 0 saturated heterocycles. The minimum atomic E-state index is -0.674. The van der Waals surface area contributed by atoms with Crippen molar-refractivity contribution in [3.8, 4) is 0 Å². The van der Waals surface area contributed by atoms with Gasteiger partial charge in [-0.3, -0.25) is 0 Å². The Bertz CT molecular complexity index is 1810. The van der Waals surface area contributed by atoms with Gasteiger partial charge < -0.3 is 96.2 Å². The van der Waals surface area contributed by atoms with E-state index in [1.54, 1.807) is 20.8 Å². The molecule has 0 spiro atoms. The number of rotatable bonds is 44. The van der Waals surface area contributed by atoms with Gasteiger partial charge in [-0.25, -0.2) is 47.9 Å². The van der Waals surface area contributed by atoms with Crippen molar-refractivity contribution in [3.63, 3.8) is 0 Å². The van der Waals surface area contributed by atoms with E-state index in [0.29, 0.717) is 85.2 Å². The second-order valence-electron chi connectivity index (χ2n) is 19.9. The quantitative estimate of drug-likeness (QED) is 0.0121. The number of methoxy groups -OCH3 is 2. The molecule has 0 aromatic rings. The summed E-state index contributed by atoms with van der Waals surface area (Å²) in [6.07, 6.45) is 5.78. The van der Waals surface area contributed by atoms with Crippen molar-refractivity contribution in [2.45, 2.75) is 186 Å². The van der Waals surface area contributed by atoms with Crippen LogP contribution in [-0.4, -0.2) is 244 Å². The smallest absolute Gasteiger partial charge is 0.347 e. The van der Waals surface area contributed by atoms with Gasteiger partial charge in [0, 0.05) is 53.9 Å². The highest BCUT2D eigenvalue weighted by Gasteiger charge is 2.16. The van der Waals surface area contributed by atoms with Gasteiger partial charge in [0.15, 0.2) is 0 Å². The van der Waals surface area contributed by atoms with Crippen LogP contribution in [0.15, 0.2) is 0 Å². The first kappa shape index (κ1) is 115. The van der Waals surface area contributed by atoms with Gasteiger partial charge in [0.25, 0.3) is 0 Å². The van der Waals surface area contributed by atoms with Crippen LogP contribution in [0.25, 0.3) is 0 Å². The summed E-state index contributed by atoms with van der Waals surface area (Å²) in [5.74, 6) is -7.35. The Hall–Kier alpha value is -6.10. The van der Waals surface area contributed by atoms with Crippen molar-refractivity contribution in [2.75, 3.05) is 120 Å². The molecule has 0 aromatic heterocycles. The highest BCUT2D eigenvalue weighted by atomic mass is 17.1. The predicted molar refractivity (Wildman–Crippen MR) is 344 cm³/mol. The zero-order chi connectivity index (χ0) is 79.2. The fourth-order valence-corrected chi connectivity index (χ4v) is 4.45. The van der Waals surface area contributed by atoms with Gasteiger partial charge >= 0.3 is 59.7 Å².